The van der Waals surface area contributed by atoms with Crippen molar-refractivity contribution < 1.29 is 23.1 Å². The molecule has 0 aliphatic rings. The Balaban J connectivity index is 1.68. The maximum Gasteiger partial charge on any atom is 0.333 e. The summed E-state index contributed by atoms with van der Waals surface area (Å²) in [7, 11) is 0. The maximum absolute atomic E-state index is 12.8. The molecule has 3 rings (SSSR count). The van der Waals surface area contributed by atoms with Gasteiger partial charge in [-0.05, 0) is 36.8 Å². The van der Waals surface area contributed by atoms with E-state index >= 15 is 0 Å². The molecule has 148 valence electrons. The van der Waals surface area contributed by atoms with Gasteiger partial charge in [0.25, 0.3) is 5.91 Å². The minimum absolute atomic E-state index is 0.0903. The van der Waals surface area contributed by atoms with Gasteiger partial charge in [0.1, 0.15) is 5.76 Å². The van der Waals surface area contributed by atoms with E-state index in [1.54, 1.807) is 43.5 Å². The maximum atomic E-state index is 12.8. The molecule has 2 heterocycles. The fraction of sp³-hybridized carbons (Fsp3) is 0.300. The Kier molecular flexibility index (Phi) is 6.20. The number of aryl methyl sites for hydroxylation is 1. The van der Waals surface area contributed by atoms with Crippen molar-refractivity contribution in [2.75, 3.05) is 13.2 Å². The van der Waals surface area contributed by atoms with E-state index in [4.69, 9.17) is 4.42 Å². The Morgan fingerprint density at radius 2 is 2.14 bits per heavy atom. The van der Waals surface area contributed by atoms with Gasteiger partial charge >= 0.3 is 6.55 Å². The van der Waals surface area contributed by atoms with Crippen molar-refractivity contribution in [1.29, 1.82) is 0 Å². The molecule has 1 atom stereocenters. The fourth-order valence-corrected chi connectivity index (χ4v) is 2.95. The van der Waals surface area contributed by atoms with Crippen LogP contribution in [0.1, 0.15) is 28.4 Å². The molecule has 1 amide bonds. The Bertz CT molecular complexity index is 923. The molecular weight excluding hydrogens is 368 g/mol. The number of carbonyl (C=O) groups is 1. The molecule has 1 unspecified atom stereocenters. The van der Waals surface area contributed by atoms with Crippen LogP contribution < -0.4 is 5.32 Å². The SMILES string of the molecule is Cc1nn(C(F)F)cc1-c1cccc(C(=O)NCC(CO)Cc2ccco2)c1. The lowest BCUT2D eigenvalue weighted by atomic mass is 10.0. The van der Waals surface area contributed by atoms with Gasteiger partial charge in [0, 0.05) is 42.8 Å². The minimum Gasteiger partial charge on any atom is -0.469 e. The summed E-state index contributed by atoms with van der Waals surface area (Å²) < 4.78 is 31.5. The molecule has 28 heavy (non-hydrogen) atoms. The van der Waals surface area contributed by atoms with Crippen LogP contribution in [0.25, 0.3) is 11.1 Å². The van der Waals surface area contributed by atoms with Crippen LogP contribution in [0.3, 0.4) is 0 Å². The van der Waals surface area contributed by atoms with Crippen LogP contribution in [0, 0.1) is 12.8 Å². The van der Waals surface area contributed by atoms with Crippen molar-refractivity contribution in [2.24, 2.45) is 5.92 Å². The third-order valence-electron chi connectivity index (χ3n) is 4.43. The number of benzene rings is 1. The average molecular weight is 389 g/mol. The number of aliphatic hydroxyl groups is 1. The van der Waals surface area contributed by atoms with Gasteiger partial charge < -0.3 is 14.8 Å². The number of nitrogens with one attached hydrogen (secondary N) is 1. The Hall–Kier alpha value is -3.00. The van der Waals surface area contributed by atoms with Crippen LogP contribution in [0.4, 0.5) is 8.78 Å². The normalized spacial score (nSPS) is 12.3. The second-order valence-electron chi connectivity index (χ2n) is 6.51. The molecule has 2 N–H and O–H groups in total. The van der Waals surface area contributed by atoms with E-state index in [1.165, 1.54) is 6.20 Å². The van der Waals surface area contributed by atoms with E-state index in [2.05, 4.69) is 10.4 Å². The fourth-order valence-electron chi connectivity index (χ4n) is 2.95. The number of halogens is 2. The molecule has 0 fully saturated rings. The number of alkyl halides is 2. The largest absolute Gasteiger partial charge is 0.469 e. The highest BCUT2D eigenvalue weighted by atomic mass is 19.3. The van der Waals surface area contributed by atoms with Gasteiger partial charge in [-0.2, -0.15) is 13.9 Å². The van der Waals surface area contributed by atoms with E-state index < -0.39 is 6.55 Å². The number of amides is 1. The lowest BCUT2D eigenvalue weighted by Gasteiger charge is -2.14. The summed E-state index contributed by atoms with van der Waals surface area (Å²) in [4.78, 5) is 12.5. The number of hydrogen-bond acceptors (Lipinski definition) is 4. The number of furan rings is 1. The molecule has 0 spiro atoms. The Morgan fingerprint density at radius 3 is 2.79 bits per heavy atom. The molecular formula is C20H21F2N3O3. The molecule has 8 heteroatoms. The van der Waals surface area contributed by atoms with Crippen molar-refractivity contribution in [3.63, 3.8) is 0 Å². The van der Waals surface area contributed by atoms with Crippen molar-refractivity contribution in [3.8, 4) is 11.1 Å². The summed E-state index contributed by atoms with van der Waals surface area (Å²) in [6.07, 6.45) is 3.34. The van der Waals surface area contributed by atoms with Crippen molar-refractivity contribution >= 4 is 5.91 Å². The zero-order valence-corrected chi connectivity index (χ0v) is 15.3. The minimum atomic E-state index is -2.72. The van der Waals surface area contributed by atoms with E-state index in [0.717, 1.165) is 5.76 Å². The number of rotatable bonds is 8. The van der Waals surface area contributed by atoms with Crippen LogP contribution in [-0.4, -0.2) is 33.9 Å². The summed E-state index contributed by atoms with van der Waals surface area (Å²) in [6, 6.07) is 10.3. The first-order chi connectivity index (χ1) is 13.5. The smallest absolute Gasteiger partial charge is 0.333 e. The molecule has 0 bridgehead atoms. The van der Waals surface area contributed by atoms with Crippen LogP contribution in [0.2, 0.25) is 0 Å². The first-order valence-electron chi connectivity index (χ1n) is 8.83. The molecule has 0 radical (unpaired) electrons. The number of nitrogens with zero attached hydrogens (tertiary/aromatic N) is 2. The van der Waals surface area contributed by atoms with Crippen LogP contribution in [-0.2, 0) is 6.42 Å². The lowest BCUT2D eigenvalue weighted by molar-refractivity contribution is 0.0563. The lowest BCUT2D eigenvalue weighted by Crippen LogP contribution is -2.31. The van der Waals surface area contributed by atoms with Gasteiger partial charge in [0.05, 0.1) is 12.0 Å². The van der Waals surface area contributed by atoms with Crippen LogP contribution >= 0.6 is 0 Å². The highest BCUT2D eigenvalue weighted by molar-refractivity contribution is 5.95. The summed E-state index contributed by atoms with van der Waals surface area (Å²) in [6.45, 7) is -0.889. The van der Waals surface area contributed by atoms with Crippen LogP contribution in [0.5, 0.6) is 0 Å². The number of aliphatic hydroxyl groups excluding tert-OH is 1. The number of hydrogen-bond donors (Lipinski definition) is 2. The number of carbonyl (C=O) groups excluding carboxylic acids is 1. The number of aromatic nitrogens is 2. The van der Waals surface area contributed by atoms with E-state index in [-0.39, 0.29) is 25.0 Å². The summed E-state index contributed by atoms with van der Waals surface area (Å²) in [5, 5.41) is 16.1. The molecule has 2 aromatic heterocycles. The molecule has 3 aromatic rings. The van der Waals surface area contributed by atoms with Gasteiger partial charge in [-0.25, -0.2) is 4.68 Å². The third kappa shape index (κ3) is 4.64. The highest BCUT2D eigenvalue weighted by Crippen LogP contribution is 2.25. The van der Waals surface area contributed by atoms with Crippen LogP contribution in [0.15, 0.2) is 53.3 Å². The van der Waals surface area contributed by atoms with Gasteiger partial charge in [0.2, 0.25) is 0 Å². The summed E-state index contributed by atoms with van der Waals surface area (Å²) in [5.74, 6) is 0.255. The monoisotopic (exact) mass is 389 g/mol. The zero-order chi connectivity index (χ0) is 20.1. The van der Waals surface area contributed by atoms with Gasteiger partial charge in [-0.3, -0.25) is 4.79 Å². The average Bonchev–Trinajstić information content (AvgIpc) is 3.34. The molecule has 0 saturated carbocycles. The molecule has 0 aliphatic carbocycles. The van der Waals surface area contributed by atoms with E-state index in [9.17, 15) is 18.7 Å². The summed E-state index contributed by atoms with van der Waals surface area (Å²) >= 11 is 0. The first kappa shape index (κ1) is 19.8. The first-order valence-corrected chi connectivity index (χ1v) is 8.83. The standard InChI is InChI=1S/C20H21F2N3O3/c1-13-18(11-25(24-13)20(21)22)15-4-2-5-16(9-15)19(27)23-10-14(12-26)8-17-6-3-7-28-17/h2-7,9,11,14,20,26H,8,10,12H2,1H3,(H,23,27). The third-order valence-corrected chi connectivity index (χ3v) is 4.43. The van der Waals surface area contributed by atoms with E-state index in [1.807, 2.05) is 6.07 Å². The Labute approximate surface area is 160 Å². The highest BCUT2D eigenvalue weighted by Gasteiger charge is 2.16. The topological polar surface area (TPSA) is 80.3 Å². The molecule has 0 saturated heterocycles. The van der Waals surface area contributed by atoms with Crippen molar-refractivity contribution in [2.45, 2.75) is 19.9 Å². The van der Waals surface area contributed by atoms with Crippen molar-refractivity contribution in [1.82, 2.24) is 15.1 Å². The zero-order valence-electron chi connectivity index (χ0n) is 15.3. The van der Waals surface area contributed by atoms with Gasteiger partial charge in [0.15, 0.2) is 0 Å². The van der Waals surface area contributed by atoms with E-state index in [0.29, 0.717) is 33.5 Å². The predicted octanol–water partition coefficient (Wildman–Crippen LogP) is 3.43. The Morgan fingerprint density at radius 1 is 1.32 bits per heavy atom. The predicted molar refractivity (Wildman–Crippen MR) is 99.0 cm³/mol. The van der Waals surface area contributed by atoms with Crippen molar-refractivity contribution in [3.05, 3.63) is 65.9 Å². The molecule has 1 aromatic carbocycles. The summed E-state index contributed by atoms with van der Waals surface area (Å²) in [5.41, 5.74) is 2.03. The molecule has 0 aliphatic heterocycles. The second-order valence-corrected chi connectivity index (χ2v) is 6.51. The quantitative estimate of drug-likeness (QED) is 0.619. The second kappa shape index (κ2) is 8.79. The molecule has 6 nitrogen and oxygen atoms in total. The van der Waals surface area contributed by atoms with Gasteiger partial charge in [-0.1, -0.05) is 12.1 Å². The van der Waals surface area contributed by atoms with Gasteiger partial charge in [-0.15, -0.1) is 0 Å².